The van der Waals surface area contributed by atoms with E-state index in [4.69, 9.17) is 23.7 Å². The molecule has 1 aliphatic rings. The third-order valence-electron chi connectivity index (χ3n) is 6.19. The summed E-state index contributed by atoms with van der Waals surface area (Å²) in [7, 11) is 3.12. The molecule has 40 heavy (non-hydrogen) atoms. The van der Waals surface area contributed by atoms with Crippen molar-refractivity contribution in [1.82, 2.24) is 4.57 Å². The van der Waals surface area contributed by atoms with Gasteiger partial charge in [0, 0.05) is 5.56 Å². The molecule has 0 saturated heterocycles. The highest BCUT2D eigenvalue weighted by atomic mass is 32.1. The summed E-state index contributed by atoms with van der Waals surface area (Å²) in [4.78, 5) is 32.3. The van der Waals surface area contributed by atoms with Crippen LogP contribution in [0.5, 0.6) is 23.0 Å². The number of para-hydroxylation sites is 1. The van der Waals surface area contributed by atoms with Crippen molar-refractivity contribution in [3.05, 3.63) is 78.5 Å². The van der Waals surface area contributed by atoms with E-state index in [0.717, 1.165) is 0 Å². The number of aromatic nitrogens is 1. The molecular formula is C30H34N2O7S. The van der Waals surface area contributed by atoms with Crippen LogP contribution in [0.4, 0.5) is 0 Å². The van der Waals surface area contributed by atoms with E-state index in [0.29, 0.717) is 55.8 Å². The number of methoxy groups -OCH3 is 2. The minimum atomic E-state index is -0.781. The molecule has 0 unspecified atom stereocenters. The summed E-state index contributed by atoms with van der Waals surface area (Å²) in [5.41, 5.74) is 1.83. The molecule has 3 aromatic rings. The Bertz CT molecular complexity index is 1620. The van der Waals surface area contributed by atoms with Crippen molar-refractivity contribution in [2.75, 3.05) is 27.4 Å². The van der Waals surface area contributed by atoms with Crippen LogP contribution in [0.1, 0.15) is 51.8 Å². The van der Waals surface area contributed by atoms with Crippen molar-refractivity contribution < 1.29 is 28.5 Å². The van der Waals surface area contributed by atoms with Gasteiger partial charge in [-0.1, -0.05) is 29.5 Å². The Balaban J connectivity index is 1.96. The molecule has 10 heteroatoms. The summed E-state index contributed by atoms with van der Waals surface area (Å²) in [5, 5.41) is 0. The predicted octanol–water partition coefficient (Wildman–Crippen LogP) is 4.00. The number of esters is 1. The molecule has 212 valence electrons. The maximum atomic E-state index is 14.0. The highest BCUT2D eigenvalue weighted by molar-refractivity contribution is 7.07. The SMILES string of the molecule is CCOC(=O)C1=C(C)N=c2s/c(=C/c3cccc(OC)c3OCC)c(=O)n2[C@@H]1c1ccc(OC(C)C)c(OC)c1. The van der Waals surface area contributed by atoms with Gasteiger partial charge in [-0.25, -0.2) is 9.79 Å². The summed E-state index contributed by atoms with van der Waals surface area (Å²) >= 11 is 1.24. The maximum Gasteiger partial charge on any atom is 0.338 e. The first kappa shape index (κ1) is 28.9. The molecule has 0 bridgehead atoms. The number of nitrogens with zero attached hydrogens (tertiary/aromatic N) is 2. The van der Waals surface area contributed by atoms with Crippen molar-refractivity contribution >= 4 is 23.4 Å². The van der Waals surface area contributed by atoms with Crippen LogP contribution in [0.25, 0.3) is 6.08 Å². The van der Waals surface area contributed by atoms with Crippen molar-refractivity contribution in [2.24, 2.45) is 4.99 Å². The molecule has 0 saturated carbocycles. The Morgan fingerprint density at radius 1 is 1.07 bits per heavy atom. The van der Waals surface area contributed by atoms with Gasteiger partial charge in [0.15, 0.2) is 27.8 Å². The second-order valence-electron chi connectivity index (χ2n) is 9.19. The number of rotatable bonds is 10. The number of hydrogen-bond acceptors (Lipinski definition) is 9. The number of allylic oxidation sites excluding steroid dienone is 1. The van der Waals surface area contributed by atoms with Gasteiger partial charge in [0.1, 0.15) is 0 Å². The van der Waals surface area contributed by atoms with Crippen LogP contribution in [0, 0.1) is 0 Å². The predicted molar refractivity (Wildman–Crippen MR) is 153 cm³/mol. The quantitative estimate of drug-likeness (QED) is 0.342. The van der Waals surface area contributed by atoms with Gasteiger partial charge in [-0.05, 0) is 64.5 Å². The number of fused-ring (bicyclic) bond motifs is 1. The van der Waals surface area contributed by atoms with Crippen LogP contribution in [0.3, 0.4) is 0 Å². The lowest BCUT2D eigenvalue weighted by Gasteiger charge is -2.25. The van der Waals surface area contributed by atoms with E-state index >= 15 is 0 Å². The molecule has 0 aliphatic carbocycles. The first-order valence-corrected chi connectivity index (χ1v) is 13.9. The normalized spacial score (nSPS) is 15.0. The van der Waals surface area contributed by atoms with E-state index < -0.39 is 12.0 Å². The Kier molecular flexibility index (Phi) is 8.99. The van der Waals surface area contributed by atoms with Crippen LogP contribution >= 0.6 is 11.3 Å². The van der Waals surface area contributed by atoms with E-state index in [9.17, 15) is 9.59 Å². The molecule has 4 rings (SSSR count). The van der Waals surface area contributed by atoms with Crippen LogP contribution in [-0.4, -0.2) is 44.1 Å². The van der Waals surface area contributed by atoms with Crippen LogP contribution in [-0.2, 0) is 9.53 Å². The van der Waals surface area contributed by atoms with Gasteiger partial charge in [0.25, 0.3) is 5.56 Å². The summed E-state index contributed by atoms with van der Waals surface area (Å²) in [5.74, 6) is 1.63. The molecule has 1 aliphatic heterocycles. The van der Waals surface area contributed by atoms with E-state index in [1.807, 2.05) is 39.0 Å². The molecule has 0 spiro atoms. The second kappa shape index (κ2) is 12.4. The fourth-order valence-corrected chi connectivity index (χ4v) is 5.60. The first-order valence-electron chi connectivity index (χ1n) is 13.1. The van der Waals surface area contributed by atoms with Gasteiger partial charge in [-0.15, -0.1) is 0 Å². The summed E-state index contributed by atoms with van der Waals surface area (Å²) < 4.78 is 30.2. The number of ether oxygens (including phenoxy) is 5. The molecule has 0 amide bonds. The van der Waals surface area contributed by atoms with E-state index in [1.54, 1.807) is 52.3 Å². The first-order chi connectivity index (χ1) is 19.2. The Morgan fingerprint density at radius 3 is 2.48 bits per heavy atom. The van der Waals surface area contributed by atoms with Gasteiger partial charge < -0.3 is 23.7 Å². The minimum Gasteiger partial charge on any atom is -0.493 e. The number of carbonyl (C=O) groups excluding carboxylic acids is 1. The lowest BCUT2D eigenvalue weighted by molar-refractivity contribution is -0.139. The molecule has 2 aromatic carbocycles. The zero-order valence-electron chi connectivity index (χ0n) is 23.8. The summed E-state index contributed by atoms with van der Waals surface area (Å²) in [6.45, 7) is 9.85. The lowest BCUT2D eigenvalue weighted by Crippen LogP contribution is -2.40. The second-order valence-corrected chi connectivity index (χ2v) is 10.2. The third-order valence-corrected chi connectivity index (χ3v) is 7.17. The van der Waals surface area contributed by atoms with Crippen molar-refractivity contribution in [3.8, 4) is 23.0 Å². The van der Waals surface area contributed by atoms with Crippen LogP contribution in [0.15, 0.2) is 57.5 Å². The van der Waals surface area contributed by atoms with Crippen LogP contribution < -0.4 is 33.8 Å². The molecule has 0 fully saturated rings. The van der Waals surface area contributed by atoms with E-state index in [2.05, 4.69) is 4.99 Å². The number of benzene rings is 2. The van der Waals surface area contributed by atoms with Gasteiger partial charge in [-0.2, -0.15) is 0 Å². The van der Waals surface area contributed by atoms with E-state index in [-0.39, 0.29) is 23.8 Å². The van der Waals surface area contributed by atoms with Crippen molar-refractivity contribution in [2.45, 2.75) is 46.8 Å². The molecule has 0 radical (unpaired) electrons. The van der Waals surface area contributed by atoms with Crippen molar-refractivity contribution in [3.63, 3.8) is 0 Å². The number of thiazole rings is 1. The number of hydrogen-bond donors (Lipinski definition) is 0. The fourth-order valence-electron chi connectivity index (χ4n) is 4.56. The molecule has 1 aromatic heterocycles. The molecule has 2 heterocycles. The summed E-state index contributed by atoms with van der Waals surface area (Å²) in [6, 6.07) is 10.1. The third kappa shape index (κ3) is 5.62. The van der Waals surface area contributed by atoms with Gasteiger partial charge in [0.2, 0.25) is 0 Å². The van der Waals surface area contributed by atoms with E-state index in [1.165, 1.54) is 15.9 Å². The van der Waals surface area contributed by atoms with Crippen LogP contribution in [0.2, 0.25) is 0 Å². The number of carbonyl (C=O) groups is 1. The highest BCUT2D eigenvalue weighted by Gasteiger charge is 2.34. The monoisotopic (exact) mass is 566 g/mol. The lowest BCUT2D eigenvalue weighted by atomic mass is 9.95. The minimum absolute atomic E-state index is 0.0622. The Morgan fingerprint density at radius 2 is 1.82 bits per heavy atom. The Labute approximate surface area is 236 Å². The fraction of sp³-hybridized carbons (Fsp3) is 0.367. The smallest absolute Gasteiger partial charge is 0.338 e. The maximum absolute atomic E-state index is 14.0. The zero-order valence-corrected chi connectivity index (χ0v) is 24.6. The highest BCUT2D eigenvalue weighted by Crippen LogP contribution is 2.37. The standard InChI is InChI=1S/C30H34N2O7S/c1-8-37-27-20(11-10-12-22(27)35-6)16-24-28(33)32-26(19-13-14-21(39-17(3)4)23(15-19)36-7)25(29(34)38-9-2)18(5)31-30(32)40-24/h10-17,26H,8-9H2,1-7H3/b24-16+/t26-/m1/s1. The molecular weight excluding hydrogens is 532 g/mol. The van der Waals surface area contributed by atoms with Gasteiger partial charge >= 0.3 is 5.97 Å². The molecule has 0 N–H and O–H groups in total. The average Bonchev–Trinajstić information content (AvgIpc) is 3.23. The van der Waals surface area contributed by atoms with Gasteiger partial charge in [-0.3, -0.25) is 9.36 Å². The Hall–Kier alpha value is -4.05. The average molecular weight is 567 g/mol. The van der Waals surface area contributed by atoms with Crippen molar-refractivity contribution in [1.29, 1.82) is 0 Å². The topological polar surface area (TPSA) is 97.6 Å². The van der Waals surface area contributed by atoms with Gasteiger partial charge in [0.05, 0.1) is 55.4 Å². The molecule has 1 atom stereocenters. The zero-order chi connectivity index (χ0) is 29.0. The molecule has 9 nitrogen and oxygen atoms in total. The summed E-state index contributed by atoms with van der Waals surface area (Å²) in [6.07, 6.45) is 1.70. The largest absolute Gasteiger partial charge is 0.493 e.